The zero-order valence-electron chi connectivity index (χ0n) is 19.0. The lowest BCUT2D eigenvalue weighted by Gasteiger charge is -2.24. The molecule has 0 radical (unpaired) electrons. The van der Waals surface area contributed by atoms with Crippen molar-refractivity contribution in [1.29, 1.82) is 0 Å². The zero-order valence-corrected chi connectivity index (χ0v) is 19.9. The van der Waals surface area contributed by atoms with Crippen LogP contribution in [-0.4, -0.2) is 56.8 Å². The van der Waals surface area contributed by atoms with Gasteiger partial charge in [-0.15, -0.1) is 0 Å². The SMILES string of the molecule is CC(C)(C)N.CO[C@H]1C[C@@H](C(=O)Nc2ccc(S(=O)[O-])cc2)N(C(=O)c2ccc(F)cc2)C1.[HH].[HH]. The van der Waals surface area contributed by atoms with Gasteiger partial charge in [0.1, 0.15) is 11.9 Å². The average molecular weight is 483 g/mol. The Bertz CT molecular complexity index is 982. The van der Waals surface area contributed by atoms with Gasteiger partial charge in [-0.2, -0.15) is 0 Å². The predicted molar refractivity (Wildman–Crippen MR) is 127 cm³/mol. The van der Waals surface area contributed by atoms with Gasteiger partial charge in [-0.25, -0.2) is 4.39 Å². The number of ether oxygens (including phenoxy) is 1. The van der Waals surface area contributed by atoms with Crippen LogP contribution in [0, 0.1) is 5.82 Å². The highest BCUT2D eigenvalue weighted by molar-refractivity contribution is 7.79. The molecule has 10 heteroatoms. The predicted octanol–water partition coefficient (Wildman–Crippen LogP) is 3.17. The van der Waals surface area contributed by atoms with Crippen LogP contribution in [-0.2, 0) is 20.6 Å². The molecule has 1 unspecified atom stereocenters. The van der Waals surface area contributed by atoms with Gasteiger partial charge in [-0.1, -0.05) is 0 Å². The summed E-state index contributed by atoms with van der Waals surface area (Å²) in [6, 6.07) is 10.0. The number of anilines is 1. The summed E-state index contributed by atoms with van der Waals surface area (Å²) in [6.07, 6.45) is 0.0168. The fraction of sp³-hybridized carbons (Fsp3) is 0.391. The number of carbonyl (C=O) groups is 2. The molecule has 1 heterocycles. The third-order valence-corrected chi connectivity index (χ3v) is 5.22. The summed E-state index contributed by atoms with van der Waals surface area (Å²) < 4.78 is 40.3. The van der Waals surface area contributed by atoms with E-state index >= 15 is 0 Å². The lowest BCUT2D eigenvalue weighted by molar-refractivity contribution is -0.119. The van der Waals surface area contributed by atoms with E-state index in [0.717, 1.165) is 0 Å². The van der Waals surface area contributed by atoms with Crippen molar-refractivity contribution >= 4 is 28.6 Å². The maximum atomic E-state index is 13.1. The first kappa shape index (κ1) is 26.6. The van der Waals surface area contributed by atoms with Gasteiger partial charge < -0.3 is 25.2 Å². The summed E-state index contributed by atoms with van der Waals surface area (Å²) in [5.74, 6) is -1.26. The fourth-order valence-electron chi connectivity index (χ4n) is 3.07. The summed E-state index contributed by atoms with van der Waals surface area (Å²) in [4.78, 5) is 27.1. The van der Waals surface area contributed by atoms with Gasteiger partial charge in [0, 0.05) is 44.6 Å². The van der Waals surface area contributed by atoms with E-state index in [1.54, 1.807) is 0 Å². The number of nitrogens with zero attached hydrogens (tertiary/aromatic N) is 1. The number of amides is 2. The van der Waals surface area contributed by atoms with Crippen LogP contribution in [0.15, 0.2) is 53.4 Å². The molecule has 0 bridgehead atoms. The number of hydrogen-bond donors (Lipinski definition) is 2. The molecule has 0 aliphatic carbocycles. The van der Waals surface area contributed by atoms with Crippen LogP contribution >= 0.6 is 0 Å². The van der Waals surface area contributed by atoms with E-state index in [2.05, 4.69) is 5.32 Å². The van der Waals surface area contributed by atoms with Crippen molar-refractivity contribution in [2.75, 3.05) is 19.0 Å². The van der Waals surface area contributed by atoms with Crippen LogP contribution in [0.3, 0.4) is 0 Å². The summed E-state index contributed by atoms with van der Waals surface area (Å²) in [5, 5.41) is 2.69. The molecular formula is C23H33FN3O5S-. The molecule has 33 heavy (non-hydrogen) atoms. The number of methoxy groups -OCH3 is 1. The Kier molecular flexibility index (Phi) is 9.24. The Morgan fingerprint density at radius 3 is 2.21 bits per heavy atom. The van der Waals surface area contributed by atoms with E-state index in [9.17, 15) is 22.7 Å². The molecule has 3 N–H and O–H groups in total. The highest BCUT2D eigenvalue weighted by atomic mass is 32.2. The normalized spacial score (nSPS) is 18.8. The van der Waals surface area contributed by atoms with Gasteiger partial charge in [0.05, 0.1) is 6.10 Å². The van der Waals surface area contributed by atoms with Gasteiger partial charge in [0.25, 0.3) is 5.91 Å². The zero-order chi connectivity index (χ0) is 24.8. The Morgan fingerprint density at radius 2 is 1.73 bits per heavy atom. The summed E-state index contributed by atoms with van der Waals surface area (Å²) in [6.45, 7) is 6.13. The molecule has 0 saturated carbocycles. The molecule has 1 fully saturated rings. The van der Waals surface area contributed by atoms with E-state index in [-0.39, 0.29) is 31.5 Å². The highest BCUT2D eigenvalue weighted by Gasteiger charge is 2.40. The molecule has 1 aliphatic rings. The van der Waals surface area contributed by atoms with E-state index in [0.29, 0.717) is 12.1 Å². The van der Waals surface area contributed by atoms with Crippen molar-refractivity contribution in [1.82, 2.24) is 4.90 Å². The van der Waals surface area contributed by atoms with Crippen LogP contribution in [0.25, 0.3) is 0 Å². The summed E-state index contributed by atoms with van der Waals surface area (Å²) in [5.41, 5.74) is 6.04. The van der Waals surface area contributed by atoms with Gasteiger partial charge >= 0.3 is 0 Å². The number of nitrogens with two attached hydrogens (primary N) is 1. The number of halogens is 1. The van der Waals surface area contributed by atoms with Crippen LogP contribution in [0.2, 0.25) is 0 Å². The number of rotatable bonds is 5. The molecule has 0 aromatic heterocycles. The Labute approximate surface area is 198 Å². The molecular weight excluding hydrogens is 449 g/mol. The van der Waals surface area contributed by atoms with Crippen molar-refractivity contribution < 1.29 is 30.3 Å². The van der Waals surface area contributed by atoms with Gasteiger partial charge in [0.15, 0.2) is 0 Å². The number of nitrogens with one attached hydrogen (secondary N) is 1. The molecule has 2 amide bonds. The Morgan fingerprint density at radius 1 is 1.18 bits per heavy atom. The van der Waals surface area contributed by atoms with Crippen LogP contribution in [0.1, 0.15) is 40.4 Å². The molecule has 3 rings (SSSR count). The molecule has 3 atom stereocenters. The number of carbonyl (C=O) groups excluding carboxylic acids is 2. The Hall–Kier alpha value is -2.66. The largest absolute Gasteiger partial charge is 0.768 e. The minimum atomic E-state index is -2.35. The van der Waals surface area contributed by atoms with Crippen molar-refractivity contribution in [2.24, 2.45) is 5.73 Å². The van der Waals surface area contributed by atoms with E-state index in [4.69, 9.17) is 10.5 Å². The average Bonchev–Trinajstić information content (AvgIpc) is 3.18. The van der Waals surface area contributed by atoms with Gasteiger partial charge in [-0.3, -0.25) is 13.8 Å². The van der Waals surface area contributed by atoms with Crippen molar-refractivity contribution in [3.63, 3.8) is 0 Å². The summed E-state index contributed by atoms with van der Waals surface area (Å²) >= 11 is -2.35. The second-order valence-corrected chi connectivity index (χ2v) is 9.63. The standard InChI is InChI=1S/C19H19FN2O5S.C4H11N.2H2/c1-27-15-10-17(18(23)21-14-6-8-16(9-7-14)28(25)26)22(11-15)19(24)12-2-4-13(20)5-3-12;1-4(2,3)5;;/h2-9,15,17H,10-11H2,1H3,(H,21,23)(H,25,26);5H2,1-3H3;2*1H/p-1/t15-,17-;;;/m0.../s1. The van der Waals surface area contributed by atoms with Crippen molar-refractivity contribution in [3.05, 3.63) is 59.9 Å². The maximum absolute atomic E-state index is 13.1. The van der Waals surface area contributed by atoms with Crippen LogP contribution < -0.4 is 11.1 Å². The maximum Gasteiger partial charge on any atom is 0.254 e. The smallest absolute Gasteiger partial charge is 0.254 e. The molecule has 0 spiro atoms. The monoisotopic (exact) mass is 482 g/mol. The minimum Gasteiger partial charge on any atom is -0.768 e. The topological polar surface area (TPSA) is 125 Å². The molecule has 8 nitrogen and oxygen atoms in total. The van der Waals surface area contributed by atoms with Crippen LogP contribution in [0.4, 0.5) is 10.1 Å². The highest BCUT2D eigenvalue weighted by Crippen LogP contribution is 2.24. The van der Waals surface area contributed by atoms with Crippen molar-refractivity contribution in [2.45, 2.75) is 49.8 Å². The first-order chi connectivity index (χ1) is 15.4. The summed E-state index contributed by atoms with van der Waals surface area (Å²) in [7, 11) is 1.51. The Balaban J connectivity index is 0.00000150. The number of benzene rings is 2. The third kappa shape index (κ3) is 8.32. The van der Waals surface area contributed by atoms with E-state index in [1.807, 2.05) is 20.8 Å². The minimum absolute atomic E-state index is 0. The molecule has 2 aromatic carbocycles. The quantitative estimate of drug-likeness (QED) is 0.631. The van der Waals surface area contributed by atoms with Crippen LogP contribution in [0.5, 0.6) is 0 Å². The molecule has 1 aliphatic heterocycles. The van der Waals surface area contributed by atoms with Crippen molar-refractivity contribution in [3.8, 4) is 0 Å². The fourth-order valence-corrected chi connectivity index (χ4v) is 3.43. The van der Waals surface area contributed by atoms with E-state index in [1.165, 1.54) is 60.5 Å². The molecule has 2 aromatic rings. The first-order valence-electron chi connectivity index (χ1n) is 10.3. The van der Waals surface area contributed by atoms with Gasteiger partial charge in [0.2, 0.25) is 5.91 Å². The second kappa shape index (κ2) is 11.5. The second-order valence-electron chi connectivity index (χ2n) is 8.69. The number of hydrogen-bond acceptors (Lipinski definition) is 6. The first-order valence-corrected chi connectivity index (χ1v) is 11.3. The lowest BCUT2D eigenvalue weighted by atomic mass is 10.1. The lowest BCUT2D eigenvalue weighted by Crippen LogP contribution is -2.43. The third-order valence-electron chi connectivity index (χ3n) is 4.57. The van der Waals surface area contributed by atoms with Gasteiger partial charge in [-0.05, 0) is 80.4 Å². The molecule has 184 valence electrons. The van der Waals surface area contributed by atoms with E-state index < -0.39 is 34.8 Å². The number of likely N-dealkylation sites (tertiary alicyclic amines) is 1. The molecule has 1 saturated heterocycles.